The predicted molar refractivity (Wildman–Crippen MR) is 189 cm³/mol. The Hall–Kier alpha value is -3.74. The molecule has 2 saturated carbocycles. The smallest absolute Gasteiger partial charge is 0.408 e. The van der Waals surface area contributed by atoms with Crippen LogP contribution in [0.25, 0.3) is 0 Å². The maximum Gasteiger partial charge on any atom is 0.408 e. The van der Waals surface area contributed by atoms with Crippen LogP contribution in [0.15, 0.2) is 43.0 Å². The van der Waals surface area contributed by atoms with E-state index in [1.165, 1.54) is 0 Å². The lowest BCUT2D eigenvalue weighted by Crippen LogP contribution is -2.60. The maximum absolute atomic E-state index is 14.3. The zero-order valence-corrected chi connectivity index (χ0v) is 30.9. The molecule has 0 radical (unpaired) electrons. The lowest BCUT2D eigenvalue weighted by atomic mass is 9.83. The number of piperidine rings is 1. The number of alkyl carbamates (subject to hydrolysis) is 1. The van der Waals surface area contributed by atoms with Crippen LogP contribution >= 0.6 is 0 Å². The molecule has 1 aromatic carbocycles. The van der Waals surface area contributed by atoms with Gasteiger partial charge in [0.05, 0.1) is 17.5 Å². The van der Waals surface area contributed by atoms with Gasteiger partial charge in [0.2, 0.25) is 17.6 Å². The van der Waals surface area contributed by atoms with Crippen molar-refractivity contribution in [2.45, 2.75) is 109 Å². The number of nitrogens with one attached hydrogen (secondary N) is 3. The molecule has 13 heteroatoms. The molecular formula is C37H54N4O8S. The number of nitrogens with zero attached hydrogens (tertiary/aromatic N) is 1. The number of allylic oxidation sites excluding steroid dienone is 1. The first-order chi connectivity index (χ1) is 23.4. The first kappa shape index (κ1) is 39.1. The van der Waals surface area contributed by atoms with Crippen molar-refractivity contribution in [2.24, 2.45) is 23.2 Å². The number of likely N-dealkylation sites (tertiary alicyclic amines) is 1. The summed E-state index contributed by atoms with van der Waals surface area (Å²) in [5.41, 5.74) is -0.365. The Labute approximate surface area is 296 Å². The van der Waals surface area contributed by atoms with Crippen LogP contribution < -0.4 is 16.0 Å². The third kappa shape index (κ3) is 9.95. The molecule has 5 atom stereocenters. The highest BCUT2D eigenvalue weighted by molar-refractivity contribution is 7.90. The summed E-state index contributed by atoms with van der Waals surface area (Å²) in [6.45, 7) is 13.1. The van der Waals surface area contributed by atoms with Crippen molar-refractivity contribution < 1.29 is 37.1 Å². The average Bonchev–Trinajstić information content (AvgIpc) is 3.35. The molecule has 12 nitrogen and oxygen atoms in total. The van der Waals surface area contributed by atoms with Crippen molar-refractivity contribution in [3.8, 4) is 0 Å². The third-order valence-corrected chi connectivity index (χ3v) is 11.9. The Morgan fingerprint density at radius 2 is 1.70 bits per heavy atom. The van der Waals surface area contributed by atoms with Crippen LogP contribution in [0.1, 0.15) is 85.1 Å². The van der Waals surface area contributed by atoms with Gasteiger partial charge >= 0.3 is 6.09 Å². The van der Waals surface area contributed by atoms with Crippen LogP contribution in [0.5, 0.6) is 0 Å². The van der Waals surface area contributed by atoms with E-state index in [9.17, 15) is 32.4 Å². The second-order valence-corrected chi connectivity index (χ2v) is 17.7. The highest BCUT2D eigenvalue weighted by Crippen LogP contribution is 2.65. The molecule has 1 saturated heterocycles. The summed E-state index contributed by atoms with van der Waals surface area (Å²) in [6, 6.07) is 5.67. The van der Waals surface area contributed by atoms with E-state index in [1.54, 1.807) is 62.1 Å². The van der Waals surface area contributed by atoms with E-state index in [4.69, 9.17) is 4.74 Å². The van der Waals surface area contributed by atoms with Crippen LogP contribution in [0, 0.1) is 23.2 Å². The number of fused-ring (bicyclic) bond motifs is 1. The molecular weight excluding hydrogens is 660 g/mol. The van der Waals surface area contributed by atoms with E-state index in [2.05, 4.69) is 22.5 Å². The summed E-state index contributed by atoms with van der Waals surface area (Å²) in [4.78, 5) is 69.2. The van der Waals surface area contributed by atoms with Crippen LogP contribution in [-0.4, -0.2) is 85.5 Å². The van der Waals surface area contributed by atoms with Crippen LogP contribution in [-0.2, 0) is 39.5 Å². The van der Waals surface area contributed by atoms with Crippen molar-refractivity contribution in [1.82, 2.24) is 20.9 Å². The average molecular weight is 715 g/mol. The molecule has 0 spiro atoms. The SMILES string of the molecule is C=CCCC(NC(=O)[C@@H]1[C@@H]2C(CN1C(=O)[C@@H](NC(=O)OC(C)(C)C)C1CCCCC1)C2(C)C)C(=O)C(=O)NCCS(=O)(=O)Cc1ccccc1. The second kappa shape index (κ2) is 16.1. The molecule has 4 amide bonds. The highest BCUT2D eigenvalue weighted by Gasteiger charge is 2.69. The molecule has 3 aliphatic rings. The molecule has 1 aliphatic heterocycles. The van der Waals surface area contributed by atoms with Gasteiger partial charge in [-0.2, -0.15) is 0 Å². The predicted octanol–water partition coefficient (Wildman–Crippen LogP) is 3.69. The van der Waals surface area contributed by atoms with Crippen molar-refractivity contribution in [1.29, 1.82) is 0 Å². The van der Waals surface area contributed by atoms with Crippen molar-refractivity contribution in [2.75, 3.05) is 18.8 Å². The van der Waals surface area contributed by atoms with Crippen LogP contribution in [0.2, 0.25) is 0 Å². The molecule has 0 bridgehead atoms. The number of carbonyl (C=O) groups excluding carboxylic acids is 5. The van der Waals surface area contributed by atoms with Crippen molar-refractivity contribution >= 4 is 39.4 Å². The fourth-order valence-electron chi connectivity index (χ4n) is 7.55. The van der Waals surface area contributed by atoms with Gasteiger partial charge < -0.3 is 25.6 Å². The summed E-state index contributed by atoms with van der Waals surface area (Å²) in [7, 11) is -3.56. The second-order valence-electron chi connectivity index (χ2n) is 15.5. The number of Topliss-reactive ketones (excluding diaryl/α,β-unsaturated/α-hetero) is 1. The zero-order chi connectivity index (χ0) is 36.9. The molecule has 0 aromatic heterocycles. The summed E-state index contributed by atoms with van der Waals surface area (Å²) in [5.74, 6) is -3.59. The fraction of sp³-hybridized carbons (Fsp3) is 0.649. The Morgan fingerprint density at radius 3 is 2.32 bits per heavy atom. The Balaban J connectivity index is 1.46. The lowest BCUT2D eigenvalue weighted by Gasteiger charge is -2.37. The van der Waals surface area contributed by atoms with Gasteiger partial charge in [-0.15, -0.1) is 6.58 Å². The minimum atomic E-state index is -3.56. The largest absolute Gasteiger partial charge is 0.444 e. The van der Waals surface area contributed by atoms with E-state index in [0.29, 0.717) is 18.5 Å². The first-order valence-electron chi connectivity index (χ1n) is 17.7. The molecule has 2 unspecified atom stereocenters. The number of ketones is 1. The minimum Gasteiger partial charge on any atom is -0.444 e. The molecule has 1 aromatic rings. The number of sulfone groups is 1. The third-order valence-electron chi connectivity index (χ3n) is 10.3. The topological polar surface area (TPSA) is 168 Å². The molecule has 3 N–H and O–H groups in total. The molecule has 50 heavy (non-hydrogen) atoms. The van der Waals surface area contributed by atoms with E-state index < -0.39 is 57.3 Å². The number of hydrogen-bond donors (Lipinski definition) is 3. The van der Waals surface area contributed by atoms with Crippen LogP contribution in [0.4, 0.5) is 4.79 Å². The van der Waals surface area contributed by atoms with E-state index in [0.717, 1.165) is 32.1 Å². The van der Waals surface area contributed by atoms with Crippen LogP contribution in [0.3, 0.4) is 0 Å². The van der Waals surface area contributed by atoms with Gasteiger partial charge in [0.15, 0.2) is 9.84 Å². The van der Waals surface area contributed by atoms with Gasteiger partial charge in [0.25, 0.3) is 5.91 Å². The van der Waals surface area contributed by atoms with Gasteiger partial charge in [-0.25, -0.2) is 13.2 Å². The van der Waals surface area contributed by atoms with Gasteiger partial charge in [-0.05, 0) is 75.2 Å². The molecule has 1 heterocycles. The molecule has 3 fully saturated rings. The van der Waals surface area contributed by atoms with Gasteiger partial charge in [-0.1, -0.05) is 69.5 Å². The van der Waals surface area contributed by atoms with E-state index in [1.807, 2.05) is 13.8 Å². The Kier molecular flexibility index (Phi) is 12.6. The first-order valence-corrected chi connectivity index (χ1v) is 19.5. The standard InChI is InChI=1S/C37H54N4O8S/c1-7-8-19-27(31(42)33(44)38-20-21-50(47,48)23-24-15-11-9-12-16-24)39-32(43)30-28-26(37(28,5)6)22-41(30)34(45)29(25-17-13-10-14-18-25)40-35(46)49-36(2,3)4/h7,9,11-12,15-16,25-30H,1,8,10,13-14,17-23H2,2-6H3,(H,38,44)(H,39,43)(H,40,46)/t26?,27?,28-,29-,30-/m0/s1. The molecule has 4 rings (SSSR count). The number of hydrogen-bond acceptors (Lipinski definition) is 8. The summed E-state index contributed by atoms with van der Waals surface area (Å²) >= 11 is 0. The fourth-order valence-corrected chi connectivity index (χ4v) is 8.81. The summed E-state index contributed by atoms with van der Waals surface area (Å²) in [5, 5.41) is 8.00. The molecule has 2 aliphatic carbocycles. The zero-order valence-electron chi connectivity index (χ0n) is 30.0. The van der Waals surface area contributed by atoms with Crippen molar-refractivity contribution in [3.05, 3.63) is 48.6 Å². The van der Waals surface area contributed by atoms with Gasteiger partial charge in [0.1, 0.15) is 17.7 Å². The summed E-state index contributed by atoms with van der Waals surface area (Å²) in [6.07, 6.45) is 5.73. The number of amides is 4. The lowest BCUT2D eigenvalue weighted by molar-refractivity contribution is -0.145. The van der Waals surface area contributed by atoms with Gasteiger partial charge in [0, 0.05) is 13.1 Å². The number of ether oxygens (including phenoxy) is 1. The van der Waals surface area contributed by atoms with Gasteiger partial charge in [-0.3, -0.25) is 19.2 Å². The quantitative estimate of drug-likeness (QED) is 0.183. The Morgan fingerprint density at radius 1 is 1.04 bits per heavy atom. The minimum absolute atomic E-state index is 0.0548. The molecule has 276 valence electrons. The normalized spacial score (nSPS) is 22.7. The van der Waals surface area contributed by atoms with Crippen molar-refractivity contribution in [3.63, 3.8) is 0 Å². The van der Waals surface area contributed by atoms with E-state index in [-0.39, 0.29) is 53.5 Å². The Bertz CT molecular complexity index is 1530. The van der Waals surface area contributed by atoms with E-state index >= 15 is 0 Å². The highest BCUT2D eigenvalue weighted by atomic mass is 32.2. The summed E-state index contributed by atoms with van der Waals surface area (Å²) < 4.78 is 30.7. The number of carbonyl (C=O) groups is 5. The number of benzene rings is 1. The number of rotatable bonds is 15. The monoisotopic (exact) mass is 714 g/mol. The maximum atomic E-state index is 14.3.